The van der Waals surface area contributed by atoms with E-state index in [9.17, 15) is 4.79 Å². The Bertz CT molecular complexity index is 1180. The fourth-order valence-corrected chi connectivity index (χ4v) is 3.83. The molecule has 9 heteroatoms. The minimum Gasteiger partial charge on any atom is -0.444 e. The molecular weight excluding hydrogens is 394 g/mol. The van der Waals surface area contributed by atoms with Crippen molar-refractivity contribution >= 4 is 22.8 Å². The molecule has 2 aliphatic heterocycles. The summed E-state index contributed by atoms with van der Waals surface area (Å²) in [4.78, 5) is 16.5. The van der Waals surface area contributed by atoms with Gasteiger partial charge in [-0.3, -0.25) is 15.4 Å². The van der Waals surface area contributed by atoms with Crippen LogP contribution < -0.4 is 21.7 Å². The topological polar surface area (TPSA) is 119 Å². The van der Waals surface area contributed by atoms with Gasteiger partial charge in [-0.15, -0.1) is 0 Å². The van der Waals surface area contributed by atoms with Gasteiger partial charge in [-0.1, -0.05) is 36.4 Å². The van der Waals surface area contributed by atoms with Crippen LogP contribution in [0, 0.1) is 0 Å². The Balaban J connectivity index is 1.50. The average Bonchev–Trinajstić information content (AvgIpc) is 3.13. The highest BCUT2D eigenvalue weighted by Gasteiger charge is 2.26. The molecule has 5 rings (SSSR count). The average molecular weight is 417 g/mol. The maximum Gasteiger partial charge on any atom is 0.321 e. The molecule has 31 heavy (non-hydrogen) atoms. The predicted molar refractivity (Wildman–Crippen MR) is 117 cm³/mol. The summed E-state index contributed by atoms with van der Waals surface area (Å²) in [5.41, 5.74) is 8.93. The number of fused-ring (bicyclic) bond motifs is 1. The van der Waals surface area contributed by atoms with E-state index in [0.717, 1.165) is 17.9 Å². The third-order valence-electron chi connectivity index (χ3n) is 5.38. The van der Waals surface area contributed by atoms with Crippen LogP contribution in [-0.2, 0) is 11.3 Å². The number of nitrogens with two attached hydrogens (primary N) is 1. The van der Waals surface area contributed by atoms with Crippen LogP contribution in [0.15, 0.2) is 71.1 Å². The number of benzene rings is 2. The molecule has 1 atom stereocenters. The first-order valence-corrected chi connectivity index (χ1v) is 10.2. The van der Waals surface area contributed by atoms with Gasteiger partial charge in [-0.2, -0.15) is 14.8 Å². The second kappa shape index (κ2) is 8.21. The molecule has 0 radical (unpaired) electrons. The highest BCUT2D eigenvalue weighted by Crippen LogP contribution is 2.23. The molecular formula is C22H23N7O2. The highest BCUT2D eigenvalue weighted by atomic mass is 16.5. The predicted octanol–water partition coefficient (Wildman–Crippen LogP) is 1.24. The summed E-state index contributed by atoms with van der Waals surface area (Å²) < 4.78 is 7.90. The van der Waals surface area contributed by atoms with Crippen LogP contribution in [0.3, 0.4) is 0 Å². The van der Waals surface area contributed by atoms with Gasteiger partial charge < -0.3 is 15.8 Å². The molecule has 2 aliphatic rings. The van der Waals surface area contributed by atoms with Crippen molar-refractivity contribution in [1.82, 2.24) is 25.7 Å². The molecule has 1 unspecified atom stereocenters. The Labute approximate surface area is 179 Å². The zero-order valence-corrected chi connectivity index (χ0v) is 16.8. The molecule has 5 N–H and O–H groups in total. The summed E-state index contributed by atoms with van der Waals surface area (Å²) >= 11 is 0. The molecule has 9 nitrogen and oxygen atoms in total. The van der Waals surface area contributed by atoms with Gasteiger partial charge in [0.1, 0.15) is 5.82 Å². The molecule has 0 fully saturated rings. The Morgan fingerprint density at radius 3 is 2.94 bits per heavy atom. The van der Waals surface area contributed by atoms with Crippen LogP contribution in [0.25, 0.3) is 10.9 Å². The van der Waals surface area contributed by atoms with E-state index in [0.29, 0.717) is 42.1 Å². The van der Waals surface area contributed by atoms with Crippen LogP contribution in [0.5, 0.6) is 0 Å². The van der Waals surface area contributed by atoms with Crippen molar-refractivity contribution in [1.29, 1.82) is 0 Å². The van der Waals surface area contributed by atoms with Gasteiger partial charge in [-0.25, -0.2) is 0 Å². The number of carbonyl (C=O) groups is 1. The lowest BCUT2D eigenvalue weighted by atomic mass is 10.1. The lowest BCUT2D eigenvalue weighted by Crippen LogP contribution is -2.38. The fraction of sp³-hybridized carbons (Fsp3) is 0.227. The molecule has 2 aromatic carbocycles. The zero-order valence-electron chi connectivity index (χ0n) is 16.8. The van der Waals surface area contributed by atoms with Crippen molar-refractivity contribution in [2.75, 3.05) is 13.2 Å². The van der Waals surface area contributed by atoms with E-state index in [1.807, 2.05) is 24.3 Å². The van der Waals surface area contributed by atoms with Crippen molar-refractivity contribution < 1.29 is 9.53 Å². The lowest BCUT2D eigenvalue weighted by Gasteiger charge is -2.22. The number of amides is 1. The van der Waals surface area contributed by atoms with Crippen molar-refractivity contribution in [2.24, 2.45) is 10.7 Å². The maximum absolute atomic E-state index is 11.8. The van der Waals surface area contributed by atoms with Crippen LogP contribution in [0.1, 0.15) is 22.3 Å². The van der Waals surface area contributed by atoms with Crippen molar-refractivity contribution in [3.05, 3.63) is 77.2 Å². The SMILES string of the molecule is NC(=O)c1cccc2c1cnn2C1=NC2=C(CNCN2)CC(NCc2ccccc2)O1. The van der Waals surface area contributed by atoms with Crippen LogP contribution >= 0.6 is 0 Å². The van der Waals surface area contributed by atoms with Gasteiger partial charge in [0, 0.05) is 24.9 Å². The van der Waals surface area contributed by atoms with Crippen LogP contribution in [-0.4, -0.2) is 41.2 Å². The number of nitrogens with zero attached hydrogens (tertiary/aromatic N) is 3. The number of ether oxygens (including phenoxy) is 1. The summed E-state index contributed by atoms with van der Waals surface area (Å²) in [5.74, 6) is 0.286. The fourth-order valence-electron chi connectivity index (χ4n) is 3.83. The number of nitrogens with one attached hydrogen (secondary N) is 3. The minimum atomic E-state index is -0.499. The molecule has 0 saturated carbocycles. The van der Waals surface area contributed by atoms with E-state index >= 15 is 0 Å². The van der Waals surface area contributed by atoms with Gasteiger partial charge in [-0.05, 0) is 23.3 Å². The summed E-state index contributed by atoms with van der Waals surface area (Å²) in [5, 5.41) is 15.2. The Kier molecular flexibility index (Phi) is 5.11. The second-order valence-electron chi connectivity index (χ2n) is 7.46. The molecule has 158 valence electrons. The van der Waals surface area contributed by atoms with Gasteiger partial charge in [0.15, 0.2) is 6.23 Å². The molecule has 0 bridgehead atoms. The molecule has 1 amide bonds. The molecule has 3 aromatic rings. The first-order valence-electron chi connectivity index (χ1n) is 10.2. The maximum atomic E-state index is 11.8. The van der Waals surface area contributed by atoms with Gasteiger partial charge >= 0.3 is 6.02 Å². The van der Waals surface area contributed by atoms with Crippen molar-refractivity contribution in [2.45, 2.75) is 19.2 Å². The number of aromatic nitrogens is 2. The largest absolute Gasteiger partial charge is 0.444 e. The van der Waals surface area contributed by atoms with E-state index in [1.54, 1.807) is 23.0 Å². The number of aliphatic imine (C=N–C) groups is 1. The van der Waals surface area contributed by atoms with Crippen molar-refractivity contribution in [3.63, 3.8) is 0 Å². The Hall–Kier alpha value is -3.69. The minimum absolute atomic E-state index is 0.299. The van der Waals surface area contributed by atoms with E-state index in [1.165, 1.54) is 5.56 Å². The molecule has 0 saturated heterocycles. The molecule has 3 heterocycles. The van der Waals surface area contributed by atoms with Crippen LogP contribution in [0.4, 0.5) is 0 Å². The summed E-state index contributed by atoms with van der Waals surface area (Å²) in [6, 6.07) is 15.8. The molecule has 1 aromatic heterocycles. The number of primary amides is 1. The number of carbonyl (C=O) groups excluding carboxylic acids is 1. The summed E-state index contributed by atoms with van der Waals surface area (Å²) in [6.45, 7) is 2.02. The lowest BCUT2D eigenvalue weighted by molar-refractivity contribution is 0.100. The Morgan fingerprint density at radius 2 is 2.10 bits per heavy atom. The quantitative estimate of drug-likeness (QED) is 0.507. The highest BCUT2D eigenvalue weighted by molar-refractivity contribution is 6.06. The first kappa shape index (κ1) is 19.3. The van der Waals surface area contributed by atoms with Gasteiger partial charge in [0.25, 0.3) is 0 Å². The third kappa shape index (κ3) is 3.88. The van der Waals surface area contributed by atoms with E-state index in [2.05, 4.69) is 33.2 Å². The molecule has 0 aliphatic carbocycles. The molecule has 0 spiro atoms. The van der Waals surface area contributed by atoms with E-state index < -0.39 is 5.91 Å². The smallest absolute Gasteiger partial charge is 0.321 e. The van der Waals surface area contributed by atoms with E-state index in [4.69, 9.17) is 15.5 Å². The van der Waals surface area contributed by atoms with E-state index in [-0.39, 0.29) is 6.23 Å². The number of hydrogen-bond acceptors (Lipinski definition) is 7. The third-order valence-corrected chi connectivity index (χ3v) is 5.38. The zero-order chi connectivity index (χ0) is 21.2. The van der Waals surface area contributed by atoms with Crippen molar-refractivity contribution in [3.8, 4) is 0 Å². The Morgan fingerprint density at radius 1 is 1.23 bits per heavy atom. The summed E-state index contributed by atoms with van der Waals surface area (Å²) in [6.07, 6.45) is 1.98. The summed E-state index contributed by atoms with van der Waals surface area (Å²) in [7, 11) is 0. The standard InChI is InChI=1S/C22H23N7O2/c23-20(30)16-7-4-8-18-17(16)12-27-29(18)22-28-21-15(11-24-13-26-21)9-19(31-22)25-10-14-5-2-1-3-6-14/h1-8,12,19,24-26H,9-11,13H2,(H2,23,30). The number of rotatable bonds is 4. The number of hydrogen-bond donors (Lipinski definition) is 4. The van der Waals surface area contributed by atoms with Gasteiger partial charge in [0.05, 0.1) is 23.9 Å². The first-order chi connectivity index (χ1) is 15.2. The monoisotopic (exact) mass is 417 g/mol. The second-order valence-corrected chi connectivity index (χ2v) is 7.46. The van der Waals surface area contributed by atoms with Gasteiger partial charge in [0.2, 0.25) is 5.91 Å². The normalized spacial score (nSPS) is 18.6. The van der Waals surface area contributed by atoms with Crippen LogP contribution in [0.2, 0.25) is 0 Å².